The zero-order chi connectivity index (χ0) is 22.0. The van der Waals surface area contributed by atoms with Crippen molar-refractivity contribution < 1.29 is 31.1 Å². The van der Waals surface area contributed by atoms with E-state index in [0.29, 0.717) is 6.07 Å². The summed E-state index contributed by atoms with van der Waals surface area (Å²) in [5.41, 5.74) is -1.06. The van der Waals surface area contributed by atoms with E-state index in [1.165, 1.54) is 43.1 Å². The average Bonchev–Trinajstić information content (AvgIpc) is 2.66. The Kier molecular flexibility index (Phi) is 7.13. The van der Waals surface area contributed by atoms with Crippen molar-refractivity contribution >= 4 is 45.0 Å². The first-order valence-corrected chi connectivity index (χ1v) is 11.2. The van der Waals surface area contributed by atoms with Crippen molar-refractivity contribution in [2.75, 3.05) is 17.6 Å². The molecule has 0 amide bonds. The zero-order valence-corrected chi connectivity index (χ0v) is 17.9. The third-order valence-electron chi connectivity index (χ3n) is 4.01. The molecule has 0 fully saturated rings. The summed E-state index contributed by atoms with van der Waals surface area (Å²) < 4.78 is 70.6. The number of nitrogens with zero attached hydrogens (tertiary/aromatic N) is 1. The molecule has 158 valence electrons. The van der Waals surface area contributed by atoms with Crippen LogP contribution in [0.25, 0.3) is 0 Å². The lowest BCUT2D eigenvalue weighted by molar-refractivity contribution is -0.137. The number of rotatable bonds is 6. The van der Waals surface area contributed by atoms with Crippen LogP contribution in [-0.2, 0) is 21.0 Å². The van der Waals surface area contributed by atoms with Gasteiger partial charge in [0.15, 0.2) is 0 Å². The Morgan fingerprint density at radius 2 is 1.76 bits per heavy atom. The van der Waals surface area contributed by atoms with E-state index in [1.807, 2.05) is 0 Å². The molecule has 11 heteroatoms. The predicted octanol–water partition coefficient (Wildman–Crippen LogP) is 4.84. The number of carbonyl (C=O) groups excluding carboxylic acids is 1. The number of ether oxygens (including phenoxy) is 1. The van der Waals surface area contributed by atoms with Crippen LogP contribution in [-0.4, -0.2) is 32.9 Å². The standard InChI is InChI=1S/C18H17ClF3NO4S2/c1-11(28-3)17(24)27-13-6-4-12(5-7-13)23(2)29(25,26)14-8-9-16(19)15(10-14)18(20,21)22/h4-11H,1-3H3. The predicted molar refractivity (Wildman–Crippen MR) is 107 cm³/mol. The molecule has 5 nitrogen and oxygen atoms in total. The van der Waals surface area contributed by atoms with Crippen LogP contribution in [0.1, 0.15) is 12.5 Å². The molecule has 0 aliphatic heterocycles. The average molecular weight is 468 g/mol. The highest BCUT2D eigenvalue weighted by molar-refractivity contribution is 7.99. The number of anilines is 1. The number of alkyl halides is 3. The van der Waals surface area contributed by atoms with Crippen molar-refractivity contribution in [1.82, 2.24) is 0 Å². The van der Waals surface area contributed by atoms with Crippen LogP contribution in [0.15, 0.2) is 47.4 Å². The van der Waals surface area contributed by atoms with Gasteiger partial charge in [0.1, 0.15) is 5.75 Å². The van der Waals surface area contributed by atoms with Crippen LogP contribution in [0.2, 0.25) is 5.02 Å². The SMILES string of the molecule is CSC(C)C(=O)Oc1ccc(N(C)S(=O)(=O)c2ccc(Cl)c(C(F)(F)F)c2)cc1. The topological polar surface area (TPSA) is 63.7 Å². The molecule has 1 atom stereocenters. The van der Waals surface area contributed by atoms with Crippen molar-refractivity contribution in [3.8, 4) is 5.75 Å². The molecule has 0 aromatic heterocycles. The van der Waals surface area contributed by atoms with Crippen LogP contribution in [0.5, 0.6) is 5.75 Å². The number of esters is 1. The Labute approximate surface area is 175 Å². The Balaban J connectivity index is 2.29. The van der Waals surface area contributed by atoms with E-state index in [2.05, 4.69) is 0 Å². The number of thioether (sulfide) groups is 1. The van der Waals surface area contributed by atoms with E-state index in [9.17, 15) is 26.4 Å². The highest BCUT2D eigenvalue weighted by Gasteiger charge is 2.35. The lowest BCUT2D eigenvalue weighted by Gasteiger charge is -2.21. The maximum atomic E-state index is 13.0. The maximum absolute atomic E-state index is 13.0. The number of carbonyl (C=O) groups is 1. The molecule has 0 saturated heterocycles. The second kappa shape index (κ2) is 8.85. The van der Waals surface area contributed by atoms with Gasteiger partial charge in [0.2, 0.25) is 0 Å². The van der Waals surface area contributed by atoms with Crippen LogP contribution < -0.4 is 9.04 Å². The van der Waals surface area contributed by atoms with E-state index in [4.69, 9.17) is 16.3 Å². The number of hydrogen-bond donors (Lipinski definition) is 0. The molecule has 0 radical (unpaired) electrons. The molecular formula is C18H17ClF3NO4S2. The van der Waals surface area contributed by atoms with E-state index in [-0.39, 0.29) is 16.7 Å². The first-order chi connectivity index (χ1) is 13.4. The van der Waals surface area contributed by atoms with Gasteiger partial charge in [-0.05, 0) is 55.6 Å². The Bertz CT molecular complexity index is 995. The molecule has 1 unspecified atom stereocenters. The van der Waals surface area contributed by atoms with Gasteiger partial charge in [-0.25, -0.2) is 8.42 Å². The molecule has 0 heterocycles. The molecule has 0 aliphatic carbocycles. The monoisotopic (exact) mass is 467 g/mol. The van der Waals surface area contributed by atoms with Crippen molar-refractivity contribution in [3.05, 3.63) is 53.1 Å². The molecule has 0 bridgehead atoms. The van der Waals surface area contributed by atoms with Crippen molar-refractivity contribution in [2.45, 2.75) is 23.2 Å². The van der Waals surface area contributed by atoms with Crippen LogP contribution >= 0.6 is 23.4 Å². The van der Waals surface area contributed by atoms with Gasteiger partial charge in [-0.15, -0.1) is 0 Å². The molecule has 29 heavy (non-hydrogen) atoms. The van der Waals surface area contributed by atoms with Crippen LogP contribution in [0.4, 0.5) is 18.9 Å². The summed E-state index contributed by atoms with van der Waals surface area (Å²) in [6.45, 7) is 1.68. The largest absolute Gasteiger partial charge is 0.426 e. The van der Waals surface area contributed by atoms with Gasteiger partial charge in [0.25, 0.3) is 10.0 Å². The van der Waals surface area contributed by atoms with Gasteiger partial charge in [0, 0.05) is 7.05 Å². The highest BCUT2D eigenvalue weighted by atomic mass is 35.5. The summed E-state index contributed by atoms with van der Waals surface area (Å²) in [5, 5.41) is -0.963. The summed E-state index contributed by atoms with van der Waals surface area (Å²) in [5.74, 6) is -0.233. The minimum atomic E-state index is -4.79. The number of hydrogen-bond acceptors (Lipinski definition) is 5. The zero-order valence-electron chi connectivity index (χ0n) is 15.5. The second-order valence-electron chi connectivity index (χ2n) is 5.90. The minimum Gasteiger partial charge on any atom is -0.426 e. The van der Waals surface area contributed by atoms with Crippen molar-refractivity contribution in [2.24, 2.45) is 0 Å². The van der Waals surface area contributed by atoms with Gasteiger partial charge in [0.05, 0.1) is 26.4 Å². The van der Waals surface area contributed by atoms with Gasteiger partial charge in [-0.3, -0.25) is 9.10 Å². The molecule has 2 aromatic rings. The molecule has 0 N–H and O–H groups in total. The Morgan fingerprint density at radius 3 is 2.28 bits per heavy atom. The van der Waals surface area contributed by atoms with Gasteiger partial charge in [-0.1, -0.05) is 11.6 Å². The van der Waals surface area contributed by atoms with E-state index < -0.39 is 37.7 Å². The smallest absolute Gasteiger partial charge is 0.417 e. The van der Waals surface area contributed by atoms with Gasteiger partial charge in [-0.2, -0.15) is 24.9 Å². The minimum absolute atomic E-state index is 0.172. The molecule has 2 aromatic carbocycles. The first-order valence-electron chi connectivity index (χ1n) is 8.08. The quantitative estimate of drug-likeness (QED) is 0.449. The molecule has 0 spiro atoms. The lowest BCUT2D eigenvalue weighted by Crippen LogP contribution is -2.27. The van der Waals surface area contributed by atoms with Gasteiger partial charge < -0.3 is 4.74 Å². The summed E-state index contributed by atoms with van der Waals surface area (Å²) in [6, 6.07) is 7.94. The third-order valence-corrected chi connectivity index (χ3v) is 7.02. The fourth-order valence-corrected chi connectivity index (χ4v) is 3.89. The fraction of sp³-hybridized carbons (Fsp3) is 0.278. The summed E-state index contributed by atoms with van der Waals surface area (Å²) >= 11 is 6.86. The molecule has 0 saturated carbocycles. The summed E-state index contributed by atoms with van der Waals surface area (Å²) in [6.07, 6.45) is -3.03. The van der Waals surface area contributed by atoms with E-state index >= 15 is 0 Å². The lowest BCUT2D eigenvalue weighted by atomic mass is 10.2. The normalized spacial score (nSPS) is 13.1. The number of halogens is 4. The summed E-state index contributed by atoms with van der Waals surface area (Å²) in [4.78, 5) is 11.2. The second-order valence-corrected chi connectivity index (χ2v) is 9.46. The number of sulfonamides is 1. The maximum Gasteiger partial charge on any atom is 0.417 e. The van der Waals surface area contributed by atoms with E-state index in [0.717, 1.165) is 16.4 Å². The fourth-order valence-electron chi connectivity index (χ4n) is 2.20. The highest BCUT2D eigenvalue weighted by Crippen LogP contribution is 2.36. The first kappa shape index (κ1) is 23.4. The van der Waals surface area contributed by atoms with Crippen molar-refractivity contribution in [3.63, 3.8) is 0 Å². The third kappa shape index (κ3) is 5.37. The molecule has 0 aliphatic rings. The van der Waals surface area contributed by atoms with Gasteiger partial charge >= 0.3 is 12.1 Å². The van der Waals surface area contributed by atoms with Crippen LogP contribution in [0.3, 0.4) is 0 Å². The molecule has 2 rings (SSSR count). The van der Waals surface area contributed by atoms with Crippen molar-refractivity contribution in [1.29, 1.82) is 0 Å². The van der Waals surface area contributed by atoms with Crippen LogP contribution in [0, 0.1) is 0 Å². The number of benzene rings is 2. The Hall–Kier alpha value is -1.91. The Morgan fingerprint density at radius 1 is 1.17 bits per heavy atom. The summed E-state index contributed by atoms with van der Waals surface area (Å²) in [7, 11) is -3.08. The van der Waals surface area contributed by atoms with E-state index in [1.54, 1.807) is 13.2 Å². The molecular weight excluding hydrogens is 451 g/mol.